The molecule has 0 amide bonds. The van der Waals surface area contributed by atoms with Crippen molar-refractivity contribution in [2.45, 2.75) is 51.6 Å². The van der Waals surface area contributed by atoms with Gasteiger partial charge in [0.15, 0.2) is 0 Å². The van der Waals surface area contributed by atoms with E-state index in [4.69, 9.17) is 4.74 Å². The molecule has 1 aromatic rings. The van der Waals surface area contributed by atoms with Crippen LogP contribution in [0.3, 0.4) is 0 Å². The first-order valence-electron chi connectivity index (χ1n) is 8.07. The highest BCUT2D eigenvalue weighted by atomic mass is 16.5. The van der Waals surface area contributed by atoms with Crippen LogP contribution in [-0.4, -0.2) is 22.2 Å². The Morgan fingerprint density at radius 3 is 2.48 bits per heavy atom. The zero-order chi connectivity index (χ0) is 14.7. The van der Waals surface area contributed by atoms with E-state index < -0.39 is 6.10 Å². The molecule has 4 nitrogen and oxygen atoms in total. The molecule has 4 aliphatic rings. The quantitative estimate of drug-likeness (QED) is 0.928. The molecule has 3 unspecified atom stereocenters. The van der Waals surface area contributed by atoms with Gasteiger partial charge in [-0.1, -0.05) is 6.92 Å². The Morgan fingerprint density at radius 2 is 1.86 bits per heavy atom. The van der Waals surface area contributed by atoms with Gasteiger partial charge < -0.3 is 9.84 Å². The summed E-state index contributed by atoms with van der Waals surface area (Å²) in [5.41, 5.74) is 1.04. The Bertz CT molecular complexity index is 545. The van der Waals surface area contributed by atoms with Crippen LogP contribution in [-0.2, 0) is 0 Å². The summed E-state index contributed by atoms with van der Waals surface area (Å²) in [5.74, 6) is 2.05. The summed E-state index contributed by atoms with van der Waals surface area (Å²) in [6.45, 7) is 2.42. The highest BCUT2D eigenvalue weighted by Crippen LogP contribution is 2.68. The van der Waals surface area contributed by atoms with Gasteiger partial charge in [-0.15, -0.1) is 0 Å². The average molecular weight is 288 g/mol. The molecule has 0 aromatic carbocycles. The van der Waals surface area contributed by atoms with Crippen LogP contribution in [0.4, 0.5) is 0 Å². The molecule has 4 saturated carbocycles. The summed E-state index contributed by atoms with van der Waals surface area (Å²) >= 11 is 0. The van der Waals surface area contributed by atoms with Crippen molar-refractivity contribution in [3.63, 3.8) is 0 Å². The fourth-order valence-electron chi connectivity index (χ4n) is 6.09. The van der Waals surface area contributed by atoms with E-state index in [1.807, 2.05) is 0 Å². The fourth-order valence-corrected chi connectivity index (χ4v) is 6.09. The third-order valence-electron chi connectivity index (χ3n) is 6.12. The van der Waals surface area contributed by atoms with Crippen molar-refractivity contribution in [3.8, 4) is 5.88 Å². The zero-order valence-corrected chi connectivity index (χ0v) is 12.9. The van der Waals surface area contributed by atoms with Gasteiger partial charge in [0, 0.05) is 17.8 Å². The predicted octanol–water partition coefficient (Wildman–Crippen LogP) is 3.13. The zero-order valence-electron chi connectivity index (χ0n) is 12.9. The minimum absolute atomic E-state index is 0.0118. The highest BCUT2D eigenvalue weighted by molar-refractivity contribution is 5.24. The minimum atomic E-state index is -0.550. The molecule has 0 saturated heterocycles. The summed E-state index contributed by atoms with van der Waals surface area (Å²) in [5, 5.41) is 11.1. The van der Waals surface area contributed by atoms with E-state index in [1.54, 1.807) is 19.5 Å². The van der Waals surface area contributed by atoms with Gasteiger partial charge in [0.1, 0.15) is 11.8 Å². The second kappa shape index (κ2) is 4.42. The van der Waals surface area contributed by atoms with Crippen LogP contribution in [0, 0.1) is 22.7 Å². The predicted molar refractivity (Wildman–Crippen MR) is 78.8 cm³/mol. The SMILES string of the molecule is COc1nccnc1C(O)C12CC3CC(CC(C)(C3)C1)C2. The molecule has 1 N–H and O–H groups in total. The molecular weight excluding hydrogens is 264 g/mol. The molecule has 1 heterocycles. The van der Waals surface area contributed by atoms with Gasteiger partial charge in [0.05, 0.1) is 7.11 Å². The van der Waals surface area contributed by atoms with Gasteiger partial charge in [-0.05, 0) is 55.8 Å². The van der Waals surface area contributed by atoms with Gasteiger partial charge in [-0.3, -0.25) is 4.98 Å². The molecule has 1 aromatic heterocycles. The summed E-state index contributed by atoms with van der Waals surface area (Å²) in [6.07, 6.45) is 10.2. The number of hydrogen-bond acceptors (Lipinski definition) is 4. The van der Waals surface area contributed by atoms with E-state index in [2.05, 4.69) is 16.9 Å². The van der Waals surface area contributed by atoms with Crippen molar-refractivity contribution < 1.29 is 9.84 Å². The van der Waals surface area contributed by atoms with Gasteiger partial charge in [-0.2, -0.15) is 0 Å². The number of rotatable bonds is 3. The van der Waals surface area contributed by atoms with E-state index in [1.165, 1.54) is 19.3 Å². The number of hydrogen-bond donors (Lipinski definition) is 1. The van der Waals surface area contributed by atoms with Crippen molar-refractivity contribution in [3.05, 3.63) is 18.1 Å². The topological polar surface area (TPSA) is 55.2 Å². The number of methoxy groups -OCH3 is 1. The summed E-state index contributed by atoms with van der Waals surface area (Å²) < 4.78 is 5.32. The Kier molecular flexibility index (Phi) is 2.84. The summed E-state index contributed by atoms with van der Waals surface area (Å²) in [4.78, 5) is 8.61. The van der Waals surface area contributed by atoms with Crippen LogP contribution in [0.5, 0.6) is 5.88 Å². The maximum atomic E-state index is 11.1. The Balaban J connectivity index is 1.72. The fraction of sp³-hybridized carbons (Fsp3) is 0.765. The second-order valence-corrected chi connectivity index (χ2v) is 7.99. The van der Waals surface area contributed by atoms with E-state index in [9.17, 15) is 5.11 Å². The summed E-state index contributed by atoms with van der Waals surface area (Å²) in [6, 6.07) is 0. The van der Waals surface area contributed by atoms with Crippen LogP contribution >= 0.6 is 0 Å². The lowest BCUT2D eigenvalue weighted by atomic mass is 9.43. The Labute approximate surface area is 126 Å². The molecule has 3 atom stereocenters. The first-order valence-corrected chi connectivity index (χ1v) is 8.07. The van der Waals surface area contributed by atoms with Gasteiger partial charge in [0.25, 0.3) is 0 Å². The van der Waals surface area contributed by atoms with E-state index in [0.717, 1.165) is 31.1 Å². The number of ether oxygens (including phenoxy) is 1. The Morgan fingerprint density at radius 1 is 1.19 bits per heavy atom. The molecule has 4 bridgehead atoms. The van der Waals surface area contributed by atoms with Crippen LogP contribution in [0.15, 0.2) is 12.4 Å². The first-order chi connectivity index (χ1) is 10.0. The number of aliphatic hydroxyl groups excluding tert-OH is 1. The van der Waals surface area contributed by atoms with Crippen molar-refractivity contribution in [1.29, 1.82) is 0 Å². The molecule has 21 heavy (non-hydrogen) atoms. The monoisotopic (exact) mass is 288 g/mol. The van der Waals surface area contributed by atoms with Gasteiger partial charge >= 0.3 is 0 Å². The minimum Gasteiger partial charge on any atom is -0.480 e. The van der Waals surface area contributed by atoms with Crippen molar-refractivity contribution in [2.75, 3.05) is 7.11 Å². The van der Waals surface area contributed by atoms with Crippen molar-refractivity contribution >= 4 is 0 Å². The van der Waals surface area contributed by atoms with Crippen molar-refractivity contribution in [2.24, 2.45) is 22.7 Å². The maximum Gasteiger partial charge on any atom is 0.238 e. The lowest BCUT2D eigenvalue weighted by molar-refractivity contribution is -0.156. The Hall–Kier alpha value is -1.16. The van der Waals surface area contributed by atoms with E-state index in [0.29, 0.717) is 17.0 Å². The molecule has 5 rings (SSSR count). The third-order valence-corrected chi connectivity index (χ3v) is 6.12. The largest absolute Gasteiger partial charge is 0.480 e. The maximum absolute atomic E-state index is 11.1. The second-order valence-electron chi connectivity index (χ2n) is 7.99. The lowest BCUT2D eigenvalue weighted by Gasteiger charge is -2.62. The van der Waals surface area contributed by atoms with Crippen LogP contribution in [0.2, 0.25) is 0 Å². The van der Waals surface area contributed by atoms with E-state index in [-0.39, 0.29) is 5.41 Å². The number of nitrogens with zero attached hydrogens (tertiary/aromatic N) is 2. The molecule has 0 spiro atoms. The first kappa shape index (κ1) is 13.5. The summed E-state index contributed by atoms with van der Waals surface area (Å²) in [7, 11) is 1.60. The van der Waals surface area contributed by atoms with E-state index >= 15 is 0 Å². The van der Waals surface area contributed by atoms with Crippen molar-refractivity contribution in [1.82, 2.24) is 9.97 Å². The number of aromatic nitrogens is 2. The lowest BCUT2D eigenvalue weighted by Crippen LogP contribution is -2.53. The normalized spacial score (nSPS) is 42.0. The molecule has 0 aliphatic heterocycles. The van der Waals surface area contributed by atoms with Crippen LogP contribution in [0.1, 0.15) is 57.2 Å². The van der Waals surface area contributed by atoms with Gasteiger partial charge in [-0.25, -0.2) is 4.98 Å². The molecule has 4 heteroatoms. The number of aliphatic hydroxyl groups is 1. The smallest absolute Gasteiger partial charge is 0.238 e. The molecule has 0 radical (unpaired) electrons. The van der Waals surface area contributed by atoms with Crippen LogP contribution in [0.25, 0.3) is 0 Å². The third kappa shape index (κ3) is 1.99. The van der Waals surface area contributed by atoms with Gasteiger partial charge in [0.2, 0.25) is 5.88 Å². The standard InChI is InChI=1S/C17H24N2O2/c1-16-6-11-5-12(7-16)9-17(8-11,10-16)14(20)13-15(21-2)19-4-3-18-13/h3-4,11-12,14,20H,5-10H2,1-2H3. The molecule has 4 aliphatic carbocycles. The highest BCUT2D eigenvalue weighted by Gasteiger charge is 2.59. The van der Waals surface area contributed by atoms with Crippen LogP contribution < -0.4 is 4.74 Å². The molecular formula is C17H24N2O2. The molecule has 114 valence electrons. The average Bonchev–Trinajstić information content (AvgIpc) is 2.44. The molecule has 4 fully saturated rings.